The fraction of sp³-hybridized carbons (Fsp3) is 0.538. The maximum atomic E-state index is 9.52. The highest BCUT2D eigenvalue weighted by Crippen LogP contribution is 2.27. The lowest BCUT2D eigenvalue weighted by molar-refractivity contribution is 0.107. The van der Waals surface area contributed by atoms with Crippen molar-refractivity contribution in [3.8, 4) is 11.5 Å². The summed E-state index contributed by atoms with van der Waals surface area (Å²) in [4.78, 5) is 2.35. The van der Waals surface area contributed by atoms with E-state index >= 15 is 0 Å². The average Bonchev–Trinajstić information content (AvgIpc) is 2.79. The molecule has 2 rings (SSSR count). The zero-order chi connectivity index (χ0) is 12.3. The van der Waals surface area contributed by atoms with Gasteiger partial charge in [-0.15, -0.1) is 0 Å². The SMILES string of the molecule is COc1cc(CN2CCC(OC)C2)ccc1O. The van der Waals surface area contributed by atoms with Gasteiger partial charge >= 0.3 is 0 Å². The van der Waals surface area contributed by atoms with Crippen LogP contribution in [0.4, 0.5) is 0 Å². The topological polar surface area (TPSA) is 41.9 Å². The maximum absolute atomic E-state index is 9.52. The number of likely N-dealkylation sites (tertiary alicyclic amines) is 1. The van der Waals surface area contributed by atoms with Crippen molar-refractivity contribution in [2.45, 2.75) is 19.1 Å². The van der Waals surface area contributed by atoms with E-state index in [0.29, 0.717) is 11.9 Å². The van der Waals surface area contributed by atoms with Crippen LogP contribution in [0, 0.1) is 0 Å². The van der Waals surface area contributed by atoms with Gasteiger partial charge < -0.3 is 14.6 Å². The molecule has 1 atom stereocenters. The molecule has 4 heteroatoms. The monoisotopic (exact) mass is 237 g/mol. The van der Waals surface area contributed by atoms with Crippen LogP contribution in [0.3, 0.4) is 0 Å². The Labute approximate surface area is 102 Å². The van der Waals surface area contributed by atoms with Crippen LogP contribution in [0.25, 0.3) is 0 Å². The van der Waals surface area contributed by atoms with Crippen LogP contribution in [0.1, 0.15) is 12.0 Å². The summed E-state index contributed by atoms with van der Waals surface area (Å²) >= 11 is 0. The van der Waals surface area contributed by atoms with Gasteiger partial charge in [0.25, 0.3) is 0 Å². The number of hydrogen-bond donors (Lipinski definition) is 1. The summed E-state index contributed by atoms with van der Waals surface area (Å²) in [6.45, 7) is 2.90. The highest BCUT2D eigenvalue weighted by Gasteiger charge is 2.21. The summed E-state index contributed by atoms with van der Waals surface area (Å²) < 4.78 is 10.4. The molecule has 0 aliphatic carbocycles. The van der Waals surface area contributed by atoms with Gasteiger partial charge in [-0.2, -0.15) is 0 Å². The van der Waals surface area contributed by atoms with Crippen LogP contribution in [-0.4, -0.2) is 43.4 Å². The molecule has 1 aromatic rings. The summed E-state index contributed by atoms with van der Waals surface area (Å²) in [6.07, 6.45) is 1.44. The first-order chi connectivity index (χ1) is 8.22. The third kappa shape index (κ3) is 2.90. The predicted molar refractivity (Wildman–Crippen MR) is 65.3 cm³/mol. The molecule has 1 aliphatic heterocycles. The Morgan fingerprint density at radius 3 is 2.88 bits per heavy atom. The van der Waals surface area contributed by atoms with Gasteiger partial charge in [0, 0.05) is 26.7 Å². The largest absolute Gasteiger partial charge is 0.504 e. The molecule has 4 nitrogen and oxygen atoms in total. The number of rotatable bonds is 4. The van der Waals surface area contributed by atoms with Crippen LogP contribution < -0.4 is 4.74 Å². The molecular weight excluding hydrogens is 218 g/mol. The number of nitrogens with zero attached hydrogens (tertiary/aromatic N) is 1. The lowest BCUT2D eigenvalue weighted by atomic mass is 10.2. The van der Waals surface area contributed by atoms with Crippen molar-refractivity contribution >= 4 is 0 Å². The Balaban J connectivity index is 1.99. The summed E-state index contributed by atoms with van der Waals surface area (Å²) in [5.74, 6) is 0.720. The fourth-order valence-corrected chi connectivity index (χ4v) is 2.21. The molecule has 1 heterocycles. The molecular formula is C13H19NO3. The summed E-state index contributed by atoms with van der Waals surface area (Å²) in [5, 5.41) is 9.52. The molecule has 0 aromatic heterocycles. The number of aromatic hydroxyl groups is 1. The summed E-state index contributed by atoms with van der Waals surface area (Å²) in [7, 11) is 3.33. The van der Waals surface area contributed by atoms with Gasteiger partial charge in [-0.25, -0.2) is 0 Å². The van der Waals surface area contributed by atoms with E-state index in [2.05, 4.69) is 4.90 Å². The van der Waals surface area contributed by atoms with Crippen LogP contribution in [0.2, 0.25) is 0 Å². The highest BCUT2D eigenvalue weighted by molar-refractivity contribution is 5.41. The van der Waals surface area contributed by atoms with E-state index in [9.17, 15) is 5.11 Å². The molecule has 0 saturated carbocycles. The molecule has 1 unspecified atom stereocenters. The minimum Gasteiger partial charge on any atom is -0.504 e. The summed E-state index contributed by atoms with van der Waals surface area (Å²) in [6, 6.07) is 5.49. The van der Waals surface area contributed by atoms with Crippen LogP contribution in [0.15, 0.2) is 18.2 Å². The van der Waals surface area contributed by atoms with Gasteiger partial charge in [0.15, 0.2) is 11.5 Å². The zero-order valence-electron chi connectivity index (χ0n) is 10.3. The predicted octanol–water partition coefficient (Wildman–Crippen LogP) is 1.62. The minimum atomic E-state index is 0.187. The number of benzene rings is 1. The van der Waals surface area contributed by atoms with Crippen molar-refractivity contribution in [2.24, 2.45) is 0 Å². The van der Waals surface area contributed by atoms with Gasteiger partial charge in [0.05, 0.1) is 13.2 Å². The molecule has 1 N–H and O–H groups in total. The van der Waals surface area contributed by atoms with E-state index in [-0.39, 0.29) is 5.75 Å². The third-order valence-electron chi connectivity index (χ3n) is 3.21. The first-order valence-electron chi connectivity index (χ1n) is 5.84. The van der Waals surface area contributed by atoms with Crippen molar-refractivity contribution in [1.82, 2.24) is 4.90 Å². The first kappa shape index (κ1) is 12.2. The molecule has 1 aliphatic rings. The lowest BCUT2D eigenvalue weighted by Crippen LogP contribution is -2.22. The molecule has 1 aromatic carbocycles. The number of phenolic OH excluding ortho intramolecular Hbond substituents is 1. The number of methoxy groups -OCH3 is 2. The fourth-order valence-electron chi connectivity index (χ4n) is 2.21. The molecule has 0 spiro atoms. The molecule has 0 radical (unpaired) electrons. The van der Waals surface area contributed by atoms with Gasteiger partial charge in [0.2, 0.25) is 0 Å². The molecule has 1 fully saturated rings. The molecule has 0 bridgehead atoms. The van der Waals surface area contributed by atoms with E-state index in [4.69, 9.17) is 9.47 Å². The molecule has 1 saturated heterocycles. The highest BCUT2D eigenvalue weighted by atomic mass is 16.5. The smallest absolute Gasteiger partial charge is 0.160 e. The Hall–Kier alpha value is -1.26. The van der Waals surface area contributed by atoms with E-state index in [0.717, 1.165) is 31.6 Å². The van der Waals surface area contributed by atoms with Crippen molar-refractivity contribution < 1.29 is 14.6 Å². The Morgan fingerprint density at radius 2 is 2.24 bits per heavy atom. The van der Waals surface area contributed by atoms with Crippen LogP contribution >= 0.6 is 0 Å². The van der Waals surface area contributed by atoms with Crippen molar-refractivity contribution in [2.75, 3.05) is 27.3 Å². The Bertz CT molecular complexity index is 381. The van der Waals surface area contributed by atoms with Gasteiger partial charge in [-0.1, -0.05) is 6.07 Å². The normalized spacial score (nSPS) is 20.7. The van der Waals surface area contributed by atoms with Gasteiger partial charge in [0.1, 0.15) is 0 Å². The lowest BCUT2D eigenvalue weighted by Gasteiger charge is -2.16. The zero-order valence-corrected chi connectivity index (χ0v) is 10.3. The number of ether oxygens (including phenoxy) is 2. The van der Waals surface area contributed by atoms with Gasteiger partial charge in [-0.3, -0.25) is 4.90 Å². The number of hydrogen-bond acceptors (Lipinski definition) is 4. The van der Waals surface area contributed by atoms with E-state index in [1.165, 1.54) is 0 Å². The van der Waals surface area contributed by atoms with E-state index in [1.54, 1.807) is 20.3 Å². The minimum absolute atomic E-state index is 0.187. The quantitative estimate of drug-likeness (QED) is 0.864. The number of phenols is 1. The molecule has 94 valence electrons. The van der Waals surface area contributed by atoms with Crippen LogP contribution in [0.5, 0.6) is 11.5 Å². The first-order valence-corrected chi connectivity index (χ1v) is 5.84. The second kappa shape index (κ2) is 5.38. The van der Waals surface area contributed by atoms with Crippen molar-refractivity contribution in [3.05, 3.63) is 23.8 Å². The van der Waals surface area contributed by atoms with E-state index in [1.807, 2.05) is 12.1 Å². The second-order valence-corrected chi connectivity index (χ2v) is 4.39. The van der Waals surface area contributed by atoms with Crippen molar-refractivity contribution in [3.63, 3.8) is 0 Å². The Morgan fingerprint density at radius 1 is 1.41 bits per heavy atom. The molecule has 17 heavy (non-hydrogen) atoms. The standard InChI is InChI=1S/C13H19NO3/c1-16-11-5-6-14(9-11)8-10-3-4-12(15)13(7-10)17-2/h3-4,7,11,15H,5-6,8-9H2,1-2H3. The maximum Gasteiger partial charge on any atom is 0.160 e. The average molecular weight is 237 g/mol. The second-order valence-electron chi connectivity index (χ2n) is 4.39. The van der Waals surface area contributed by atoms with Gasteiger partial charge in [-0.05, 0) is 24.1 Å². The van der Waals surface area contributed by atoms with E-state index < -0.39 is 0 Å². The Kier molecular flexibility index (Phi) is 3.86. The third-order valence-corrected chi connectivity index (χ3v) is 3.21. The van der Waals surface area contributed by atoms with Crippen LogP contribution in [-0.2, 0) is 11.3 Å². The molecule has 0 amide bonds. The summed E-state index contributed by atoms with van der Waals surface area (Å²) in [5.41, 5.74) is 1.15. The van der Waals surface area contributed by atoms with Crippen molar-refractivity contribution in [1.29, 1.82) is 0 Å².